The molecule has 0 fully saturated rings. The lowest BCUT2D eigenvalue weighted by molar-refractivity contribution is -0.113. The standard InChI is InChI=1S/C13H22N2O3S2/c1-9(2)7-20(17,18)8-11(16)15-12-14-10(6-19-12)13(3,4)5/h6,9H,7-8H2,1-5H3,(H,14,15,16). The molecule has 1 amide bonds. The van der Waals surface area contributed by atoms with E-state index in [0.717, 1.165) is 5.69 Å². The van der Waals surface area contributed by atoms with Gasteiger partial charge in [-0.25, -0.2) is 13.4 Å². The number of rotatable bonds is 5. The summed E-state index contributed by atoms with van der Waals surface area (Å²) in [6, 6.07) is 0. The Kier molecular flexibility index (Phi) is 5.32. The summed E-state index contributed by atoms with van der Waals surface area (Å²) in [7, 11) is -3.36. The molecule has 1 aromatic rings. The van der Waals surface area contributed by atoms with Crippen LogP contribution in [0.15, 0.2) is 5.38 Å². The summed E-state index contributed by atoms with van der Waals surface area (Å²) in [4.78, 5) is 16.0. The van der Waals surface area contributed by atoms with Crippen LogP contribution in [-0.2, 0) is 20.0 Å². The summed E-state index contributed by atoms with van der Waals surface area (Å²) in [6.45, 7) is 9.71. The molecule has 0 aliphatic rings. The lowest BCUT2D eigenvalue weighted by Gasteiger charge is -2.14. The molecule has 1 N–H and O–H groups in total. The molecule has 0 aliphatic carbocycles. The second-order valence-corrected chi connectivity index (χ2v) is 9.25. The van der Waals surface area contributed by atoms with Crippen molar-refractivity contribution in [3.63, 3.8) is 0 Å². The number of amides is 1. The van der Waals surface area contributed by atoms with Crippen LogP contribution in [0.4, 0.5) is 5.13 Å². The number of nitrogens with one attached hydrogen (secondary N) is 1. The molecule has 0 unspecified atom stereocenters. The van der Waals surface area contributed by atoms with Crippen LogP contribution in [0.3, 0.4) is 0 Å². The molecule has 20 heavy (non-hydrogen) atoms. The zero-order valence-electron chi connectivity index (χ0n) is 12.6. The Morgan fingerprint density at radius 1 is 1.40 bits per heavy atom. The van der Waals surface area contributed by atoms with Crippen molar-refractivity contribution in [1.82, 2.24) is 4.98 Å². The summed E-state index contributed by atoms with van der Waals surface area (Å²) in [6.07, 6.45) is 0. The van der Waals surface area contributed by atoms with Crippen LogP contribution in [0, 0.1) is 5.92 Å². The number of hydrogen-bond acceptors (Lipinski definition) is 5. The van der Waals surface area contributed by atoms with Gasteiger partial charge in [0.1, 0.15) is 5.75 Å². The largest absolute Gasteiger partial charge is 0.301 e. The zero-order chi connectivity index (χ0) is 15.6. The highest BCUT2D eigenvalue weighted by Crippen LogP contribution is 2.26. The van der Waals surface area contributed by atoms with Crippen molar-refractivity contribution in [3.8, 4) is 0 Å². The van der Waals surface area contributed by atoms with Crippen molar-refractivity contribution in [2.75, 3.05) is 16.8 Å². The fourth-order valence-electron chi connectivity index (χ4n) is 1.60. The number of sulfone groups is 1. The Labute approximate surface area is 124 Å². The van der Waals surface area contributed by atoms with Gasteiger partial charge in [-0.1, -0.05) is 34.6 Å². The molecule has 0 atom stereocenters. The van der Waals surface area contributed by atoms with Crippen LogP contribution >= 0.6 is 11.3 Å². The number of hydrogen-bond donors (Lipinski definition) is 1. The highest BCUT2D eigenvalue weighted by atomic mass is 32.2. The molecule has 0 radical (unpaired) electrons. The van der Waals surface area contributed by atoms with Crippen molar-refractivity contribution >= 4 is 32.2 Å². The van der Waals surface area contributed by atoms with Gasteiger partial charge in [0.15, 0.2) is 15.0 Å². The van der Waals surface area contributed by atoms with Crippen LogP contribution in [0.1, 0.15) is 40.3 Å². The van der Waals surface area contributed by atoms with Gasteiger partial charge >= 0.3 is 0 Å². The number of carbonyl (C=O) groups excluding carboxylic acids is 1. The van der Waals surface area contributed by atoms with Gasteiger partial charge in [-0.05, 0) is 5.92 Å². The molecule has 5 nitrogen and oxygen atoms in total. The lowest BCUT2D eigenvalue weighted by Crippen LogP contribution is -2.26. The van der Waals surface area contributed by atoms with Gasteiger partial charge in [0.25, 0.3) is 0 Å². The van der Waals surface area contributed by atoms with Crippen LogP contribution in [0.5, 0.6) is 0 Å². The smallest absolute Gasteiger partial charge is 0.241 e. The van der Waals surface area contributed by atoms with E-state index < -0.39 is 21.5 Å². The van der Waals surface area contributed by atoms with Gasteiger partial charge < -0.3 is 5.32 Å². The first-order chi connectivity index (χ1) is 8.99. The molecule has 0 aliphatic heterocycles. The van der Waals surface area contributed by atoms with Crippen LogP contribution < -0.4 is 5.32 Å². The fraction of sp³-hybridized carbons (Fsp3) is 0.692. The summed E-state index contributed by atoms with van der Waals surface area (Å²) < 4.78 is 23.5. The number of thiazole rings is 1. The third-order valence-electron chi connectivity index (χ3n) is 2.46. The molecule has 0 spiro atoms. The summed E-state index contributed by atoms with van der Waals surface area (Å²) in [5, 5.41) is 4.87. The topological polar surface area (TPSA) is 76.1 Å². The monoisotopic (exact) mass is 318 g/mol. The van der Waals surface area contributed by atoms with Gasteiger partial charge in [0.05, 0.1) is 11.4 Å². The van der Waals surface area contributed by atoms with Crippen molar-refractivity contribution in [1.29, 1.82) is 0 Å². The molecule has 1 aromatic heterocycles. The minimum atomic E-state index is -3.36. The van der Waals surface area contributed by atoms with E-state index in [4.69, 9.17) is 0 Å². The predicted octanol–water partition coefficient (Wildman–Crippen LogP) is 2.45. The van der Waals surface area contributed by atoms with E-state index >= 15 is 0 Å². The number of aromatic nitrogens is 1. The molecule has 114 valence electrons. The third-order valence-corrected chi connectivity index (χ3v) is 5.09. The Morgan fingerprint density at radius 3 is 2.45 bits per heavy atom. The van der Waals surface area contributed by atoms with Gasteiger partial charge in [-0.15, -0.1) is 11.3 Å². The maximum atomic E-state index is 11.7. The van der Waals surface area contributed by atoms with Crippen molar-refractivity contribution in [3.05, 3.63) is 11.1 Å². The molecule has 0 saturated carbocycles. The molecule has 1 rings (SSSR count). The van der Waals surface area contributed by atoms with Gasteiger partial charge in [-0.2, -0.15) is 0 Å². The second-order valence-electron chi connectivity index (χ2n) is 6.28. The Balaban J connectivity index is 2.66. The van der Waals surface area contributed by atoms with Crippen molar-refractivity contribution < 1.29 is 13.2 Å². The van der Waals surface area contributed by atoms with Gasteiger partial charge in [0, 0.05) is 10.8 Å². The highest BCUT2D eigenvalue weighted by Gasteiger charge is 2.21. The number of carbonyl (C=O) groups is 1. The Bertz CT molecular complexity index is 569. The highest BCUT2D eigenvalue weighted by molar-refractivity contribution is 7.92. The van der Waals surface area contributed by atoms with E-state index in [0.29, 0.717) is 5.13 Å². The molecular formula is C13H22N2O3S2. The Morgan fingerprint density at radius 2 is 2.00 bits per heavy atom. The normalized spacial score (nSPS) is 12.7. The summed E-state index contributed by atoms with van der Waals surface area (Å²) in [5.74, 6) is -0.984. The zero-order valence-corrected chi connectivity index (χ0v) is 14.2. The van der Waals surface area contributed by atoms with E-state index in [1.165, 1.54) is 11.3 Å². The average Bonchev–Trinajstić information content (AvgIpc) is 2.61. The molecule has 0 bridgehead atoms. The van der Waals surface area contributed by atoms with Crippen molar-refractivity contribution in [2.24, 2.45) is 5.92 Å². The Hall–Kier alpha value is -0.950. The third kappa shape index (κ3) is 5.58. The van der Waals surface area contributed by atoms with E-state index in [-0.39, 0.29) is 17.1 Å². The molecule has 0 aromatic carbocycles. The quantitative estimate of drug-likeness (QED) is 0.904. The molecular weight excluding hydrogens is 296 g/mol. The van der Waals surface area contributed by atoms with E-state index in [1.54, 1.807) is 0 Å². The maximum absolute atomic E-state index is 11.7. The average molecular weight is 318 g/mol. The first kappa shape index (κ1) is 17.1. The second kappa shape index (κ2) is 6.22. The number of anilines is 1. The van der Waals surface area contributed by atoms with Crippen molar-refractivity contribution in [2.45, 2.75) is 40.0 Å². The summed E-state index contributed by atoms with van der Waals surface area (Å²) in [5.41, 5.74) is 0.784. The van der Waals surface area contributed by atoms with Crippen LogP contribution in [-0.4, -0.2) is 30.8 Å². The SMILES string of the molecule is CC(C)CS(=O)(=O)CC(=O)Nc1nc(C(C)(C)C)cs1. The minimum Gasteiger partial charge on any atom is -0.301 e. The maximum Gasteiger partial charge on any atom is 0.241 e. The minimum absolute atomic E-state index is 0.0140. The van der Waals surface area contributed by atoms with E-state index in [9.17, 15) is 13.2 Å². The molecule has 0 saturated heterocycles. The van der Waals surface area contributed by atoms with Gasteiger partial charge in [0.2, 0.25) is 5.91 Å². The molecule has 1 heterocycles. The lowest BCUT2D eigenvalue weighted by atomic mass is 9.93. The number of nitrogens with zero attached hydrogens (tertiary/aromatic N) is 1. The fourth-order valence-corrected chi connectivity index (χ4v) is 4.16. The van der Waals surface area contributed by atoms with E-state index in [2.05, 4.69) is 10.3 Å². The predicted molar refractivity (Wildman–Crippen MR) is 82.9 cm³/mol. The van der Waals surface area contributed by atoms with Gasteiger partial charge in [-0.3, -0.25) is 4.79 Å². The first-order valence-electron chi connectivity index (χ1n) is 6.46. The van der Waals surface area contributed by atoms with Crippen LogP contribution in [0.2, 0.25) is 0 Å². The van der Waals surface area contributed by atoms with Crippen LogP contribution in [0.25, 0.3) is 0 Å². The first-order valence-corrected chi connectivity index (χ1v) is 9.16. The van der Waals surface area contributed by atoms with E-state index in [1.807, 2.05) is 40.0 Å². The molecule has 7 heteroatoms. The summed E-state index contributed by atoms with van der Waals surface area (Å²) >= 11 is 1.31.